The summed E-state index contributed by atoms with van der Waals surface area (Å²) in [5.41, 5.74) is 0.543. The normalized spacial score (nSPS) is 9.72. The lowest BCUT2D eigenvalue weighted by atomic mass is 10.2. The van der Waals surface area contributed by atoms with Crippen molar-refractivity contribution in [1.29, 1.82) is 0 Å². The Labute approximate surface area is 107 Å². The number of rotatable bonds is 6. The largest absolute Gasteiger partial charge is 0.494 e. The smallest absolute Gasteiger partial charge is 0.411 e. The highest BCUT2D eigenvalue weighted by Gasteiger charge is 2.09. The quantitative estimate of drug-likeness (QED) is 0.846. The summed E-state index contributed by atoms with van der Waals surface area (Å²) in [5, 5.41) is 2.63. The summed E-state index contributed by atoms with van der Waals surface area (Å²) >= 11 is 0. The van der Waals surface area contributed by atoms with Gasteiger partial charge >= 0.3 is 6.09 Å². The zero-order valence-electron chi connectivity index (χ0n) is 11.0. The Kier molecular flexibility index (Phi) is 5.84. The fraction of sp³-hybridized carbons (Fsp3) is 0.462. The number of carbonyl (C=O) groups is 1. The molecule has 1 aromatic carbocycles. The Balaban J connectivity index is 2.88. The van der Waals surface area contributed by atoms with Gasteiger partial charge in [0.2, 0.25) is 0 Å². The Hall–Kier alpha value is -1.91. The molecule has 5 heteroatoms. The van der Waals surface area contributed by atoms with Crippen molar-refractivity contribution in [2.45, 2.75) is 20.8 Å². The third-order valence-corrected chi connectivity index (χ3v) is 2.07. The number of carbonyl (C=O) groups excluding carboxylic acids is 1. The van der Waals surface area contributed by atoms with Crippen LogP contribution in [0.3, 0.4) is 0 Å². The topological polar surface area (TPSA) is 56.8 Å². The zero-order valence-corrected chi connectivity index (χ0v) is 11.0. The van der Waals surface area contributed by atoms with Crippen molar-refractivity contribution in [3.05, 3.63) is 18.2 Å². The van der Waals surface area contributed by atoms with E-state index in [-0.39, 0.29) is 0 Å². The fourth-order valence-electron chi connectivity index (χ4n) is 1.42. The Morgan fingerprint density at radius 1 is 1.11 bits per heavy atom. The lowest BCUT2D eigenvalue weighted by Gasteiger charge is -2.13. The van der Waals surface area contributed by atoms with Crippen molar-refractivity contribution in [3.63, 3.8) is 0 Å². The van der Waals surface area contributed by atoms with E-state index in [1.165, 1.54) is 0 Å². The maximum atomic E-state index is 11.4. The average molecular weight is 253 g/mol. The van der Waals surface area contributed by atoms with E-state index in [9.17, 15) is 4.79 Å². The molecule has 0 aliphatic carbocycles. The summed E-state index contributed by atoms with van der Waals surface area (Å²) < 4.78 is 15.6. The molecule has 0 aromatic heterocycles. The van der Waals surface area contributed by atoms with Crippen LogP contribution in [0.2, 0.25) is 0 Å². The number of anilines is 1. The van der Waals surface area contributed by atoms with E-state index in [1.54, 1.807) is 25.1 Å². The number of amides is 1. The van der Waals surface area contributed by atoms with Gasteiger partial charge < -0.3 is 14.2 Å². The van der Waals surface area contributed by atoms with Crippen molar-refractivity contribution in [2.75, 3.05) is 25.1 Å². The second kappa shape index (κ2) is 7.42. The van der Waals surface area contributed by atoms with Crippen LogP contribution in [0.4, 0.5) is 10.5 Å². The van der Waals surface area contributed by atoms with E-state index in [0.29, 0.717) is 37.0 Å². The molecule has 1 rings (SSSR count). The van der Waals surface area contributed by atoms with Gasteiger partial charge in [0.1, 0.15) is 11.5 Å². The molecule has 18 heavy (non-hydrogen) atoms. The minimum Gasteiger partial charge on any atom is -0.494 e. The third-order valence-electron chi connectivity index (χ3n) is 2.07. The van der Waals surface area contributed by atoms with Gasteiger partial charge in [-0.3, -0.25) is 5.32 Å². The molecule has 0 spiro atoms. The summed E-state index contributed by atoms with van der Waals surface area (Å²) in [4.78, 5) is 11.4. The number of hydrogen-bond donors (Lipinski definition) is 1. The molecule has 100 valence electrons. The molecule has 0 aliphatic rings. The summed E-state index contributed by atoms with van der Waals surface area (Å²) in [6.07, 6.45) is -0.507. The molecule has 0 heterocycles. The van der Waals surface area contributed by atoms with Gasteiger partial charge in [0.25, 0.3) is 0 Å². The van der Waals surface area contributed by atoms with Gasteiger partial charge in [-0.15, -0.1) is 0 Å². The van der Waals surface area contributed by atoms with Gasteiger partial charge in [-0.25, -0.2) is 4.79 Å². The first kappa shape index (κ1) is 14.2. The van der Waals surface area contributed by atoms with Crippen molar-refractivity contribution >= 4 is 11.8 Å². The number of nitrogens with one attached hydrogen (secondary N) is 1. The molecular formula is C13H19NO4. The molecule has 1 aromatic rings. The molecule has 0 atom stereocenters. The predicted molar refractivity (Wildman–Crippen MR) is 69.4 cm³/mol. The van der Waals surface area contributed by atoms with Gasteiger partial charge in [-0.2, -0.15) is 0 Å². The number of benzene rings is 1. The van der Waals surface area contributed by atoms with Crippen LogP contribution in [0.25, 0.3) is 0 Å². The summed E-state index contributed by atoms with van der Waals surface area (Å²) in [6.45, 7) is 6.93. The molecule has 0 bridgehead atoms. The van der Waals surface area contributed by atoms with Gasteiger partial charge in [-0.05, 0) is 32.9 Å². The molecular weight excluding hydrogens is 234 g/mol. The van der Waals surface area contributed by atoms with Crippen LogP contribution < -0.4 is 14.8 Å². The van der Waals surface area contributed by atoms with E-state index >= 15 is 0 Å². The van der Waals surface area contributed by atoms with Crippen molar-refractivity contribution < 1.29 is 19.0 Å². The molecule has 0 radical (unpaired) electrons. The molecule has 5 nitrogen and oxygen atoms in total. The van der Waals surface area contributed by atoms with E-state index in [1.807, 2.05) is 13.8 Å². The Morgan fingerprint density at radius 3 is 2.44 bits per heavy atom. The molecule has 0 unspecified atom stereocenters. The molecule has 1 N–H and O–H groups in total. The van der Waals surface area contributed by atoms with Gasteiger partial charge in [0.05, 0.1) is 25.5 Å². The highest BCUT2D eigenvalue weighted by molar-refractivity contribution is 5.87. The first-order valence-electron chi connectivity index (χ1n) is 6.04. The number of ether oxygens (including phenoxy) is 3. The van der Waals surface area contributed by atoms with Gasteiger partial charge in [0, 0.05) is 6.07 Å². The van der Waals surface area contributed by atoms with Crippen LogP contribution in [-0.4, -0.2) is 25.9 Å². The summed E-state index contributed by atoms with van der Waals surface area (Å²) in [7, 11) is 0. The molecule has 0 fully saturated rings. The average Bonchev–Trinajstić information content (AvgIpc) is 2.33. The highest BCUT2D eigenvalue weighted by atomic mass is 16.5. The number of hydrogen-bond acceptors (Lipinski definition) is 4. The van der Waals surface area contributed by atoms with E-state index in [4.69, 9.17) is 14.2 Å². The molecule has 1 amide bonds. The minimum absolute atomic E-state index is 0.320. The van der Waals surface area contributed by atoms with Crippen molar-refractivity contribution in [2.24, 2.45) is 0 Å². The van der Waals surface area contributed by atoms with E-state index < -0.39 is 6.09 Å². The summed E-state index contributed by atoms with van der Waals surface area (Å²) in [5.74, 6) is 1.27. The highest BCUT2D eigenvalue weighted by Crippen LogP contribution is 2.29. The van der Waals surface area contributed by atoms with Crippen LogP contribution >= 0.6 is 0 Å². The second-order valence-electron chi connectivity index (χ2n) is 3.37. The molecule has 0 saturated carbocycles. The van der Waals surface area contributed by atoms with Crippen molar-refractivity contribution in [3.8, 4) is 11.5 Å². The monoisotopic (exact) mass is 253 g/mol. The fourth-order valence-corrected chi connectivity index (χ4v) is 1.42. The maximum Gasteiger partial charge on any atom is 0.411 e. The van der Waals surface area contributed by atoms with E-state index in [0.717, 1.165) is 0 Å². The Bertz CT molecular complexity index is 393. The molecule has 0 aliphatic heterocycles. The lowest BCUT2D eigenvalue weighted by molar-refractivity contribution is 0.167. The van der Waals surface area contributed by atoms with Crippen LogP contribution in [-0.2, 0) is 4.74 Å². The van der Waals surface area contributed by atoms with E-state index in [2.05, 4.69) is 5.32 Å². The van der Waals surface area contributed by atoms with Gasteiger partial charge in [-0.1, -0.05) is 0 Å². The van der Waals surface area contributed by atoms with Crippen molar-refractivity contribution in [1.82, 2.24) is 0 Å². The maximum absolute atomic E-state index is 11.4. The van der Waals surface area contributed by atoms with Gasteiger partial charge in [0.15, 0.2) is 0 Å². The van der Waals surface area contributed by atoms with Crippen LogP contribution in [0, 0.1) is 0 Å². The van der Waals surface area contributed by atoms with Crippen LogP contribution in [0.5, 0.6) is 11.5 Å². The standard InChI is InChI=1S/C13H19NO4/c1-4-16-10-7-8-12(17-5-2)11(9-10)14-13(15)18-6-3/h7-9H,4-6H2,1-3H3,(H,14,15). The third kappa shape index (κ3) is 4.16. The first-order valence-corrected chi connectivity index (χ1v) is 6.04. The molecule has 0 saturated heterocycles. The SMILES string of the molecule is CCOC(=O)Nc1cc(OCC)ccc1OCC. The predicted octanol–water partition coefficient (Wildman–Crippen LogP) is 3.05. The zero-order chi connectivity index (χ0) is 13.4. The Morgan fingerprint density at radius 2 is 1.83 bits per heavy atom. The first-order chi connectivity index (χ1) is 8.71. The van der Waals surface area contributed by atoms with Crippen LogP contribution in [0.1, 0.15) is 20.8 Å². The second-order valence-corrected chi connectivity index (χ2v) is 3.37. The lowest BCUT2D eigenvalue weighted by Crippen LogP contribution is -2.14. The van der Waals surface area contributed by atoms with Crippen LogP contribution in [0.15, 0.2) is 18.2 Å². The minimum atomic E-state index is -0.507. The summed E-state index contributed by atoms with van der Waals surface area (Å²) in [6, 6.07) is 5.27.